The zero-order valence-corrected chi connectivity index (χ0v) is 10.1. The van der Waals surface area contributed by atoms with Gasteiger partial charge in [-0.3, -0.25) is 0 Å². The molecule has 2 heteroatoms. The lowest BCUT2D eigenvalue weighted by Crippen LogP contribution is -1.88. The first kappa shape index (κ1) is 9.33. The van der Waals surface area contributed by atoms with Crippen LogP contribution in [0.1, 0.15) is 0 Å². The van der Waals surface area contributed by atoms with Gasteiger partial charge >= 0.3 is 16.6 Å². The number of hydrogen-bond acceptors (Lipinski definition) is 1. The van der Waals surface area contributed by atoms with Gasteiger partial charge in [0.2, 0.25) is 0 Å². The molecule has 0 unspecified atom stereocenters. The van der Waals surface area contributed by atoms with Crippen molar-refractivity contribution in [3.63, 3.8) is 0 Å². The summed E-state index contributed by atoms with van der Waals surface area (Å²) >= 11 is 0.726. The van der Waals surface area contributed by atoms with E-state index in [2.05, 4.69) is 18.2 Å². The molecule has 0 aliphatic carbocycles. The van der Waals surface area contributed by atoms with Crippen molar-refractivity contribution < 1.29 is 3.79 Å². The fourth-order valence-corrected chi connectivity index (χ4v) is 1.86. The van der Waals surface area contributed by atoms with Crippen LogP contribution in [0.2, 0.25) is 0 Å². The van der Waals surface area contributed by atoms with Crippen LogP contribution in [-0.2, 0) is 0 Å². The van der Waals surface area contributed by atoms with Crippen LogP contribution < -0.4 is 3.79 Å². The number of hydrogen-bond donors (Lipinski definition) is 0. The van der Waals surface area contributed by atoms with Crippen molar-refractivity contribution in [1.29, 1.82) is 0 Å². The standard InChI is InChI=1S/C12H10O.Al.2H/c13-12-9-5-4-8-11(12)10-6-2-1-3-7-10;;;/h1-9,13H;;;/q;+1;;/p-1. The lowest BCUT2D eigenvalue weighted by Gasteiger charge is -2.09. The Morgan fingerprint density at radius 3 is 2.14 bits per heavy atom. The van der Waals surface area contributed by atoms with E-state index in [1.807, 2.05) is 36.4 Å². The Morgan fingerprint density at radius 2 is 1.43 bits per heavy atom. The van der Waals surface area contributed by atoms with E-state index >= 15 is 0 Å². The Hall–Kier alpha value is -1.23. The second-order valence-corrected chi connectivity index (χ2v) is 3.47. The highest BCUT2D eigenvalue weighted by Crippen LogP contribution is 2.28. The molecule has 68 valence electrons. The quantitative estimate of drug-likeness (QED) is 0.673. The molecule has 2 aromatic rings. The minimum Gasteiger partial charge on any atom is -0.647 e. The molecule has 0 aliphatic heterocycles. The molecule has 14 heavy (non-hydrogen) atoms. The van der Waals surface area contributed by atoms with Gasteiger partial charge in [0.15, 0.2) is 0 Å². The molecule has 0 N–H and O–H groups in total. The van der Waals surface area contributed by atoms with Gasteiger partial charge in [-0.25, -0.2) is 0 Å². The third-order valence-corrected chi connectivity index (χ3v) is 2.63. The summed E-state index contributed by atoms with van der Waals surface area (Å²) in [5.41, 5.74) is 2.38. The van der Waals surface area contributed by atoms with Gasteiger partial charge in [-0.15, -0.1) is 0 Å². The van der Waals surface area contributed by atoms with Crippen LogP contribution in [0.5, 0.6) is 5.75 Å². The Balaban J connectivity index is 2.51. The van der Waals surface area contributed by atoms with E-state index < -0.39 is 0 Å². The summed E-state index contributed by atoms with van der Waals surface area (Å²) in [6.45, 7) is 0. The van der Waals surface area contributed by atoms with Crippen LogP contribution in [0.3, 0.4) is 0 Å². The number of benzene rings is 2. The summed E-state index contributed by atoms with van der Waals surface area (Å²) in [4.78, 5) is 0. The largest absolute Gasteiger partial charge is 0.647 e. The molecular weight excluding hydrogens is 187 g/mol. The van der Waals surface area contributed by atoms with Gasteiger partial charge in [-0.1, -0.05) is 48.5 Å². The molecule has 2 aromatic carbocycles. The van der Waals surface area contributed by atoms with Crippen molar-refractivity contribution in [2.24, 2.45) is 0 Å². The molecule has 0 atom stereocenters. The maximum Gasteiger partial charge on any atom is 0.496 e. The van der Waals surface area contributed by atoms with E-state index in [1.54, 1.807) is 0 Å². The monoisotopic (exact) mass is 198 g/mol. The molecule has 2 rings (SSSR count). The maximum atomic E-state index is 5.44. The molecule has 0 aliphatic rings. The summed E-state index contributed by atoms with van der Waals surface area (Å²) in [5, 5.41) is 0. The SMILES string of the molecule is [AlH2][O]c1ccccc1-c1ccccc1. The van der Waals surface area contributed by atoms with Crippen LogP contribution in [-0.4, -0.2) is 16.6 Å². The van der Waals surface area contributed by atoms with Crippen molar-refractivity contribution in [3.05, 3.63) is 54.6 Å². The maximum absolute atomic E-state index is 5.44. The molecule has 0 heterocycles. The average Bonchev–Trinajstić information content (AvgIpc) is 2.30. The molecule has 0 saturated heterocycles. The zero-order valence-electron chi connectivity index (χ0n) is 8.10. The first-order valence-corrected chi connectivity index (χ1v) is 5.42. The van der Waals surface area contributed by atoms with Crippen LogP contribution in [0, 0.1) is 0 Å². The Morgan fingerprint density at radius 1 is 0.786 bits per heavy atom. The van der Waals surface area contributed by atoms with E-state index in [0.717, 1.165) is 22.4 Å². The van der Waals surface area contributed by atoms with Crippen molar-refractivity contribution >= 4 is 16.6 Å². The number of rotatable bonds is 2. The number of para-hydroxylation sites is 1. The summed E-state index contributed by atoms with van der Waals surface area (Å²) in [6.07, 6.45) is 0. The predicted molar refractivity (Wildman–Crippen MR) is 61.1 cm³/mol. The average molecular weight is 198 g/mol. The van der Waals surface area contributed by atoms with Gasteiger partial charge in [0.05, 0.1) is 5.75 Å². The van der Waals surface area contributed by atoms with Gasteiger partial charge in [0.1, 0.15) is 0 Å². The van der Waals surface area contributed by atoms with Crippen LogP contribution in [0.15, 0.2) is 54.6 Å². The lowest BCUT2D eigenvalue weighted by molar-refractivity contribution is 0.618. The highest BCUT2D eigenvalue weighted by Gasteiger charge is 2.01. The minimum atomic E-state index is 0.726. The van der Waals surface area contributed by atoms with Crippen molar-refractivity contribution in [1.82, 2.24) is 0 Å². The lowest BCUT2D eigenvalue weighted by atomic mass is 10.1. The third kappa shape index (κ3) is 1.82. The van der Waals surface area contributed by atoms with Crippen molar-refractivity contribution in [2.45, 2.75) is 0 Å². The topological polar surface area (TPSA) is 9.23 Å². The van der Waals surface area contributed by atoms with Gasteiger partial charge < -0.3 is 3.79 Å². The van der Waals surface area contributed by atoms with E-state index in [9.17, 15) is 0 Å². The molecule has 0 aromatic heterocycles. The van der Waals surface area contributed by atoms with Gasteiger partial charge in [0, 0.05) is 5.56 Å². The molecule has 0 saturated carbocycles. The highest BCUT2D eigenvalue weighted by molar-refractivity contribution is 6.00. The minimum absolute atomic E-state index is 0.726. The Kier molecular flexibility index (Phi) is 2.88. The second-order valence-electron chi connectivity index (χ2n) is 3.07. The van der Waals surface area contributed by atoms with Crippen molar-refractivity contribution in [3.8, 4) is 16.9 Å². The smallest absolute Gasteiger partial charge is 0.496 e. The van der Waals surface area contributed by atoms with Gasteiger partial charge in [-0.05, 0) is 11.6 Å². The summed E-state index contributed by atoms with van der Waals surface area (Å²) < 4.78 is 5.44. The zero-order chi connectivity index (χ0) is 9.80. The van der Waals surface area contributed by atoms with Crippen LogP contribution >= 0.6 is 0 Å². The molecular formula is C12H11AlO. The predicted octanol–water partition coefficient (Wildman–Crippen LogP) is 2.28. The van der Waals surface area contributed by atoms with Crippen LogP contribution in [0.4, 0.5) is 0 Å². The fraction of sp³-hybridized carbons (Fsp3) is 0. The van der Waals surface area contributed by atoms with E-state index in [1.165, 1.54) is 11.1 Å². The van der Waals surface area contributed by atoms with Gasteiger partial charge in [-0.2, -0.15) is 0 Å². The second kappa shape index (κ2) is 4.33. The van der Waals surface area contributed by atoms with Gasteiger partial charge in [0.25, 0.3) is 0 Å². The van der Waals surface area contributed by atoms with Crippen molar-refractivity contribution in [2.75, 3.05) is 0 Å². The molecule has 0 fully saturated rings. The van der Waals surface area contributed by atoms with E-state index in [0.29, 0.717) is 0 Å². The highest BCUT2D eigenvalue weighted by atomic mass is 27.1. The van der Waals surface area contributed by atoms with E-state index in [4.69, 9.17) is 3.79 Å². The normalized spacial score (nSPS) is 9.71. The Labute approximate surface area is 92.1 Å². The first-order chi connectivity index (χ1) is 6.92. The summed E-state index contributed by atoms with van der Waals surface area (Å²) in [7, 11) is 0. The third-order valence-electron chi connectivity index (χ3n) is 2.19. The molecule has 0 radical (unpaired) electrons. The molecule has 0 bridgehead atoms. The molecule has 0 spiro atoms. The molecule has 0 amide bonds. The fourth-order valence-electron chi connectivity index (χ4n) is 1.50. The summed E-state index contributed by atoms with van der Waals surface area (Å²) in [6, 6.07) is 18.4. The van der Waals surface area contributed by atoms with E-state index in [-0.39, 0.29) is 0 Å². The molecule has 1 nitrogen and oxygen atoms in total. The summed E-state index contributed by atoms with van der Waals surface area (Å²) in [5.74, 6) is 0.977. The first-order valence-electron chi connectivity index (χ1n) is 4.60. The Bertz CT molecular complexity index is 412. The van der Waals surface area contributed by atoms with Crippen LogP contribution in [0.25, 0.3) is 11.1 Å².